The van der Waals surface area contributed by atoms with Crippen molar-refractivity contribution in [3.8, 4) is 0 Å². The van der Waals surface area contributed by atoms with E-state index in [1.165, 1.54) is 0 Å². The summed E-state index contributed by atoms with van der Waals surface area (Å²) in [5, 5.41) is 14.8. The van der Waals surface area contributed by atoms with Crippen molar-refractivity contribution in [2.24, 2.45) is 0 Å². The van der Waals surface area contributed by atoms with E-state index in [9.17, 15) is 0 Å². The van der Waals surface area contributed by atoms with Gasteiger partial charge in [-0.3, -0.25) is 9.59 Å². The first-order valence-corrected chi connectivity index (χ1v) is 1.86. The fourth-order valence-corrected chi connectivity index (χ4v) is 0. The molecule has 0 aliphatic heterocycles. The van der Waals surface area contributed by atoms with Gasteiger partial charge < -0.3 is 32.1 Å². The average Bonchev–Trinajstić information content (AvgIpc) is 1.25. The Labute approximate surface area is 85.3 Å². The number of hydrogen-bond acceptors (Lipinski definition) is 2. The maximum atomic E-state index is 9.00. The van der Waals surface area contributed by atoms with Crippen molar-refractivity contribution >= 4 is 11.9 Å². The first kappa shape index (κ1) is 55.9. The fourth-order valence-electron chi connectivity index (χ4n) is 0. The third kappa shape index (κ3) is 1990. The van der Waals surface area contributed by atoms with E-state index in [-0.39, 0.29) is 39.0 Å². The molecule has 0 aromatic rings. The molecule has 0 aliphatic rings. The predicted octanol–water partition coefficient (Wildman–Crippen LogP) is -3.12. The molecule has 13 heavy (non-hydrogen) atoms. The zero-order valence-corrected chi connectivity index (χ0v) is 7.95. The standard InChI is InChI=1S/2C2H4O2.Cu.4H2O/c2*1-2(3)4;;;;;/h2*1H3,(H,3,4);;4*1H2. The molecule has 0 unspecified atom stereocenters. The van der Waals surface area contributed by atoms with Gasteiger partial charge in [-0.1, -0.05) is 0 Å². The van der Waals surface area contributed by atoms with Gasteiger partial charge in [0.1, 0.15) is 0 Å². The Morgan fingerprint density at radius 1 is 0.769 bits per heavy atom. The van der Waals surface area contributed by atoms with Crippen LogP contribution in [-0.4, -0.2) is 44.1 Å². The molecule has 0 amide bonds. The van der Waals surface area contributed by atoms with E-state index in [1.54, 1.807) is 0 Å². The molecule has 0 saturated carbocycles. The molecule has 8 nitrogen and oxygen atoms in total. The van der Waals surface area contributed by atoms with Gasteiger partial charge in [0, 0.05) is 30.9 Å². The van der Waals surface area contributed by atoms with Crippen molar-refractivity contribution < 1.29 is 58.8 Å². The van der Waals surface area contributed by atoms with Crippen LogP contribution in [0.3, 0.4) is 0 Å². The molecule has 0 aromatic carbocycles. The third-order valence-electron chi connectivity index (χ3n) is 0. The molecular formula is C4H16CuO8. The monoisotopic (exact) mass is 255 g/mol. The first-order chi connectivity index (χ1) is 3.46. The van der Waals surface area contributed by atoms with Crippen LogP contribution in [0.1, 0.15) is 13.8 Å². The number of aliphatic carboxylic acids is 2. The summed E-state index contributed by atoms with van der Waals surface area (Å²) in [5.74, 6) is -1.67. The van der Waals surface area contributed by atoms with Crippen molar-refractivity contribution in [1.29, 1.82) is 0 Å². The van der Waals surface area contributed by atoms with Gasteiger partial charge in [0.2, 0.25) is 0 Å². The van der Waals surface area contributed by atoms with Crippen molar-refractivity contribution in [3.05, 3.63) is 0 Å². The van der Waals surface area contributed by atoms with Crippen LogP contribution < -0.4 is 0 Å². The van der Waals surface area contributed by atoms with E-state index in [1.807, 2.05) is 0 Å². The zero-order chi connectivity index (χ0) is 7.15. The molecule has 0 bridgehead atoms. The molecular weight excluding hydrogens is 240 g/mol. The van der Waals surface area contributed by atoms with Crippen molar-refractivity contribution in [3.63, 3.8) is 0 Å². The van der Waals surface area contributed by atoms with Gasteiger partial charge in [0.15, 0.2) is 0 Å². The Kier molecular flexibility index (Phi) is 184. The molecule has 0 saturated heterocycles. The summed E-state index contributed by atoms with van der Waals surface area (Å²) in [7, 11) is 0. The Morgan fingerprint density at radius 3 is 0.769 bits per heavy atom. The molecule has 10 N–H and O–H groups in total. The van der Waals surface area contributed by atoms with Crippen molar-refractivity contribution in [2.75, 3.05) is 0 Å². The Hall–Kier alpha value is -0.701. The zero-order valence-electron chi connectivity index (χ0n) is 7.01. The van der Waals surface area contributed by atoms with Gasteiger partial charge in [-0.05, 0) is 0 Å². The van der Waals surface area contributed by atoms with Crippen LogP contribution >= 0.6 is 0 Å². The molecule has 0 heterocycles. The molecule has 91 valence electrons. The van der Waals surface area contributed by atoms with Crippen LogP contribution in [0.2, 0.25) is 0 Å². The molecule has 0 atom stereocenters. The smallest absolute Gasteiger partial charge is 0.300 e. The van der Waals surface area contributed by atoms with Gasteiger partial charge in [-0.25, -0.2) is 0 Å². The van der Waals surface area contributed by atoms with Crippen LogP contribution in [0, 0.1) is 0 Å². The van der Waals surface area contributed by atoms with Gasteiger partial charge in [-0.15, -0.1) is 0 Å². The van der Waals surface area contributed by atoms with Gasteiger partial charge in [0.05, 0.1) is 0 Å². The van der Waals surface area contributed by atoms with Crippen LogP contribution in [0.25, 0.3) is 0 Å². The fraction of sp³-hybridized carbons (Fsp3) is 0.500. The summed E-state index contributed by atoms with van der Waals surface area (Å²) in [6, 6.07) is 0. The minimum atomic E-state index is -0.833. The summed E-state index contributed by atoms with van der Waals surface area (Å²) >= 11 is 0. The molecule has 0 rings (SSSR count). The average molecular weight is 256 g/mol. The van der Waals surface area contributed by atoms with E-state index in [0.29, 0.717) is 0 Å². The Bertz CT molecular complexity index is 74.1. The van der Waals surface area contributed by atoms with E-state index in [0.717, 1.165) is 13.8 Å². The molecule has 0 spiro atoms. The van der Waals surface area contributed by atoms with Gasteiger partial charge in [-0.2, -0.15) is 0 Å². The number of carbonyl (C=O) groups is 2. The molecule has 9 heteroatoms. The topological polar surface area (TPSA) is 201 Å². The minimum Gasteiger partial charge on any atom is -0.481 e. The molecule has 0 aliphatic carbocycles. The SMILES string of the molecule is CC(=O)O.CC(=O)O.O.O.O.O.[Cu]. The first-order valence-electron chi connectivity index (χ1n) is 1.86. The van der Waals surface area contributed by atoms with Crippen molar-refractivity contribution in [2.45, 2.75) is 13.8 Å². The van der Waals surface area contributed by atoms with Crippen LogP contribution in [0.5, 0.6) is 0 Å². The van der Waals surface area contributed by atoms with Gasteiger partial charge in [0.25, 0.3) is 11.9 Å². The number of hydrogen-bond donors (Lipinski definition) is 2. The van der Waals surface area contributed by atoms with Gasteiger partial charge >= 0.3 is 0 Å². The summed E-state index contributed by atoms with van der Waals surface area (Å²) in [4.78, 5) is 18.0. The van der Waals surface area contributed by atoms with Crippen molar-refractivity contribution in [1.82, 2.24) is 0 Å². The molecule has 1 radical (unpaired) electrons. The quantitative estimate of drug-likeness (QED) is 0.431. The minimum absolute atomic E-state index is 0. The number of carboxylic acids is 2. The second kappa shape index (κ2) is 42.7. The second-order valence-corrected chi connectivity index (χ2v) is 1.04. The molecule has 0 aromatic heterocycles. The largest absolute Gasteiger partial charge is 0.481 e. The summed E-state index contributed by atoms with van der Waals surface area (Å²) in [6.45, 7) is 2.17. The van der Waals surface area contributed by atoms with E-state index in [2.05, 4.69) is 0 Å². The normalized spacial score (nSPS) is 3.85. The van der Waals surface area contributed by atoms with E-state index in [4.69, 9.17) is 19.8 Å². The maximum absolute atomic E-state index is 9.00. The third-order valence-corrected chi connectivity index (χ3v) is 0. The van der Waals surface area contributed by atoms with Crippen LogP contribution in [-0.2, 0) is 26.7 Å². The summed E-state index contributed by atoms with van der Waals surface area (Å²) < 4.78 is 0. The number of carboxylic acid groups (broad SMARTS) is 2. The number of rotatable bonds is 0. The van der Waals surface area contributed by atoms with Crippen LogP contribution in [0.15, 0.2) is 0 Å². The Morgan fingerprint density at radius 2 is 0.769 bits per heavy atom. The van der Waals surface area contributed by atoms with E-state index < -0.39 is 11.9 Å². The Balaban J connectivity index is -0.00000000800. The summed E-state index contributed by atoms with van der Waals surface area (Å²) in [5.41, 5.74) is 0. The predicted molar refractivity (Wildman–Crippen MR) is 41.1 cm³/mol. The maximum Gasteiger partial charge on any atom is 0.300 e. The molecule has 0 fully saturated rings. The summed E-state index contributed by atoms with van der Waals surface area (Å²) in [6.07, 6.45) is 0. The van der Waals surface area contributed by atoms with E-state index >= 15 is 0 Å². The second-order valence-electron chi connectivity index (χ2n) is 1.04. The van der Waals surface area contributed by atoms with Crippen LogP contribution in [0.4, 0.5) is 0 Å².